The number of aromatic amines is 1. The molecular weight excluding hydrogens is 468 g/mol. The lowest BCUT2D eigenvalue weighted by Gasteiger charge is -2.26. The lowest BCUT2D eigenvalue weighted by molar-refractivity contribution is 0.0376. The van der Waals surface area contributed by atoms with Gasteiger partial charge in [0.15, 0.2) is 11.7 Å². The number of sulfonamides is 1. The van der Waals surface area contributed by atoms with Crippen LogP contribution in [0.5, 0.6) is 5.88 Å². The Kier molecular flexibility index (Phi) is 6.28. The highest BCUT2D eigenvalue weighted by atomic mass is 32.2. The van der Waals surface area contributed by atoms with Gasteiger partial charge in [-0.15, -0.1) is 0 Å². The van der Waals surface area contributed by atoms with Crippen molar-refractivity contribution in [3.63, 3.8) is 0 Å². The Bertz CT molecular complexity index is 1390. The van der Waals surface area contributed by atoms with E-state index in [0.717, 1.165) is 19.6 Å². The number of carbonyl (C=O) groups excluding carboxylic acids is 1. The van der Waals surface area contributed by atoms with Crippen LogP contribution < -0.4 is 4.72 Å². The van der Waals surface area contributed by atoms with Crippen LogP contribution in [-0.4, -0.2) is 74.3 Å². The van der Waals surface area contributed by atoms with E-state index in [0.29, 0.717) is 48.6 Å². The Labute approximate surface area is 203 Å². The van der Waals surface area contributed by atoms with Crippen LogP contribution in [0.25, 0.3) is 11.3 Å². The lowest BCUT2D eigenvalue weighted by atomic mass is 9.84. The Morgan fingerprint density at radius 3 is 2.43 bits per heavy atom. The SMILES string of the molecule is N=C1c2ccccc2C(=O)c2c(-c3ccc(S(=O)(=O)NCCCN4CCOCC4)cc3)[nH]c(O)c21. The molecule has 2 aliphatic rings. The summed E-state index contributed by atoms with van der Waals surface area (Å²) < 4.78 is 33.4. The Balaban J connectivity index is 1.33. The van der Waals surface area contributed by atoms with Crippen LogP contribution in [0.1, 0.15) is 33.5 Å². The minimum absolute atomic E-state index is 0.0654. The molecule has 0 saturated carbocycles. The molecule has 1 saturated heterocycles. The number of hydrogen-bond acceptors (Lipinski definition) is 7. The summed E-state index contributed by atoms with van der Waals surface area (Å²) in [6.07, 6.45) is 0.695. The summed E-state index contributed by atoms with van der Waals surface area (Å²) in [6, 6.07) is 12.9. The summed E-state index contributed by atoms with van der Waals surface area (Å²) in [5.74, 6) is -0.557. The average Bonchev–Trinajstić information content (AvgIpc) is 3.23. The van der Waals surface area contributed by atoms with Crippen molar-refractivity contribution in [2.24, 2.45) is 0 Å². The maximum Gasteiger partial charge on any atom is 0.240 e. The first-order valence-corrected chi connectivity index (χ1v) is 12.9. The summed E-state index contributed by atoms with van der Waals surface area (Å²) in [7, 11) is -3.69. The minimum atomic E-state index is -3.69. The van der Waals surface area contributed by atoms with E-state index < -0.39 is 10.0 Å². The van der Waals surface area contributed by atoms with Crippen molar-refractivity contribution in [1.29, 1.82) is 5.41 Å². The third-order valence-corrected chi connectivity index (χ3v) is 7.88. The highest BCUT2D eigenvalue weighted by molar-refractivity contribution is 7.89. The van der Waals surface area contributed by atoms with Gasteiger partial charge < -0.3 is 14.8 Å². The Hall–Kier alpha value is -3.31. The normalized spacial score (nSPS) is 16.2. The molecule has 1 aromatic heterocycles. The van der Waals surface area contributed by atoms with E-state index in [1.165, 1.54) is 12.1 Å². The van der Waals surface area contributed by atoms with Gasteiger partial charge in [-0.05, 0) is 30.7 Å². The van der Waals surface area contributed by atoms with Crippen molar-refractivity contribution in [3.8, 4) is 17.1 Å². The van der Waals surface area contributed by atoms with Crippen LogP contribution in [0, 0.1) is 5.41 Å². The molecule has 9 nitrogen and oxygen atoms in total. The average molecular weight is 495 g/mol. The molecule has 0 amide bonds. The molecule has 182 valence electrons. The number of hydrogen-bond donors (Lipinski definition) is 4. The van der Waals surface area contributed by atoms with Gasteiger partial charge in [0.2, 0.25) is 10.0 Å². The van der Waals surface area contributed by atoms with Crippen molar-refractivity contribution in [1.82, 2.24) is 14.6 Å². The van der Waals surface area contributed by atoms with Crippen LogP contribution in [0.15, 0.2) is 53.4 Å². The van der Waals surface area contributed by atoms with Gasteiger partial charge in [0.25, 0.3) is 0 Å². The molecule has 3 aromatic rings. The molecule has 5 rings (SSSR count). The number of nitrogens with one attached hydrogen (secondary N) is 3. The van der Waals surface area contributed by atoms with Gasteiger partial charge in [0.1, 0.15) is 0 Å². The Morgan fingerprint density at radius 2 is 1.71 bits per heavy atom. The van der Waals surface area contributed by atoms with Crippen LogP contribution in [0.4, 0.5) is 0 Å². The highest BCUT2D eigenvalue weighted by Gasteiger charge is 2.34. The van der Waals surface area contributed by atoms with Crippen LogP contribution in [0.3, 0.4) is 0 Å². The molecule has 1 aliphatic carbocycles. The summed E-state index contributed by atoms with van der Waals surface area (Å²) >= 11 is 0. The van der Waals surface area contributed by atoms with Crippen molar-refractivity contribution in [2.75, 3.05) is 39.4 Å². The number of benzene rings is 2. The van der Waals surface area contributed by atoms with Crippen molar-refractivity contribution in [2.45, 2.75) is 11.3 Å². The molecule has 4 N–H and O–H groups in total. The molecule has 0 atom stereocenters. The first-order valence-electron chi connectivity index (χ1n) is 11.4. The van der Waals surface area contributed by atoms with E-state index in [-0.39, 0.29) is 33.4 Å². The summed E-state index contributed by atoms with van der Waals surface area (Å²) in [5, 5.41) is 19.0. The van der Waals surface area contributed by atoms with E-state index in [4.69, 9.17) is 10.1 Å². The second kappa shape index (κ2) is 9.38. The first kappa shape index (κ1) is 23.4. The molecule has 1 fully saturated rings. The fourth-order valence-corrected chi connectivity index (χ4v) is 5.63. The van der Waals surface area contributed by atoms with Crippen molar-refractivity contribution >= 4 is 21.5 Å². The van der Waals surface area contributed by atoms with Crippen LogP contribution in [0.2, 0.25) is 0 Å². The predicted molar refractivity (Wildman–Crippen MR) is 131 cm³/mol. The molecule has 1 aliphatic heterocycles. The van der Waals surface area contributed by atoms with Crippen molar-refractivity contribution < 1.29 is 23.1 Å². The quantitative estimate of drug-likeness (QED) is 0.291. The molecule has 2 heterocycles. The highest BCUT2D eigenvalue weighted by Crippen LogP contribution is 2.39. The lowest BCUT2D eigenvalue weighted by Crippen LogP contribution is -2.38. The zero-order chi connectivity index (χ0) is 24.6. The summed E-state index contributed by atoms with van der Waals surface area (Å²) in [6.45, 7) is 4.27. The van der Waals surface area contributed by atoms with Gasteiger partial charge in [-0.2, -0.15) is 0 Å². The number of carbonyl (C=O) groups is 1. The van der Waals surface area contributed by atoms with Gasteiger partial charge in [0.05, 0.1) is 40.6 Å². The first-order chi connectivity index (χ1) is 16.9. The maximum atomic E-state index is 13.2. The van der Waals surface area contributed by atoms with Gasteiger partial charge in [-0.1, -0.05) is 36.4 Å². The predicted octanol–water partition coefficient (Wildman–Crippen LogP) is 2.35. The third-order valence-electron chi connectivity index (χ3n) is 6.40. The molecule has 35 heavy (non-hydrogen) atoms. The van der Waals surface area contributed by atoms with E-state index in [9.17, 15) is 18.3 Å². The number of morpholine rings is 1. The molecular formula is C25H26N4O5S. The molecule has 0 bridgehead atoms. The number of H-pyrrole nitrogens is 1. The minimum Gasteiger partial charge on any atom is -0.494 e. The zero-order valence-corrected chi connectivity index (χ0v) is 19.8. The number of ether oxygens (including phenoxy) is 1. The number of aromatic hydroxyl groups is 1. The maximum absolute atomic E-state index is 13.2. The van der Waals surface area contributed by atoms with Gasteiger partial charge in [-0.25, -0.2) is 13.1 Å². The van der Waals surface area contributed by atoms with Gasteiger partial charge in [-0.3, -0.25) is 15.1 Å². The zero-order valence-electron chi connectivity index (χ0n) is 19.0. The molecule has 0 unspecified atom stereocenters. The van der Waals surface area contributed by atoms with Crippen molar-refractivity contribution in [3.05, 3.63) is 70.8 Å². The second-order valence-corrected chi connectivity index (χ2v) is 10.3. The molecule has 0 spiro atoms. The third kappa shape index (κ3) is 4.41. The number of fused-ring (bicyclic) bond motifs is 2. The van der Waals surface area contributed by atoms with Gasteiger partial charge >= 0.3 is 0 Å². The number of ketones is 1. The molecule has 0 radical (unpaired) electrons. The molecule has 10 heteroatoms. The van der Waals surface area contributed by atoms with E-state index in [1.54, 1.807) is 36.4 Å². The Morgan fingerprint density at radius 1 is 1.03 bits per heavy atom. The molecule has 2 aromatic carbocycles. The smallest absolute Gasteiger partial charge is 0.240 e. The number of aromatic nitrogens is 1. The summed E-state index contributed by atoms with van der Waals surface area (Å²) in [5.41, 5.74) is 2.18. The largest absolute Gasteiger partial charge is 0.494 e. The fourth-order valence-electron chi connectivity index (χ4n) is 4.56. The number of rotatable bonds is 7. The summed E-state index contributed by atoms with van der Waals surface area (Å²) in [4.78, 5) is 18.4. The number of nitrogens with zero attached hydrogens (tertiary/aromatic N) is 1. The standard InChI is InChI=1S/C25H26N4O5S/c26-22-18-4-1-2-5-19(18)24(30)21-20(22)25(31)28-23(21)16-6-8-17(9-7-16)35(32,33)27-10-3-11-29-12-14-34-15-13-29/h1-2,4-9,26-28,31H,3,10-15H2. The van der Waals surface area contributed by atoms with E-state index in [2.05, 4.69) is 14.6 Å². The van der Waals surface area contributed by atoms with Crippen LogP contribution >= 0.6 is 0 Å². The van der Waals surface area contributed by atoms with E-state index in [1.807, 2.05) is 0 Å². The topological polar surface area (TPSA) is 136 Å². The fraction of sp³-hybridized carbons (Fsp3) is 0.280. The van der Waals surface area contributed by atoms with E-state index >= 15 is 0 Å². The monoisotopic (exact) mass is 494 g/mol. The van der Waals surface area contributed by atoms with Crippen LogP contribution in [-0.2, 0) is 14.8 Å². The second-order valence-electron chi connectivity index (χ2n) is 8.58. The van der Waals surface area contributed by atoms with Gasteiger partial charge in [0, 0.05) is 30.8 Å².